The number of allylic oxidation sites excluding steroid dienone is 3. The molecule has 314 valence electrons. The van der Waals surface area contributed by atoms with Gasteiger partial charge >= 0.3 is 0 Å². The fourth-order valence-corrected chi connectivity index (χ4v) is 6.14. The van der Waals surface area contributed by atoms with Gasteiger partial charge in [-0.1, -0.05) is 144 Å². The topological polar surface area (TPSA) is 172 Å². The van der Waals surface area contributed by atoms with Crippen molar-refractivity contribution >= 4 is 47.0 Å². The Balaban J connectivity index is 0.000000893. The van der Waals surface area contributed by atoms with Gasteiger partial charge in [0.25, 0.3) is 12.6 Å². The quantitative estimate of drug-likeness (QED) is 0.109. The molecule has 0 aromatic heterocycles. The highest BCUT2D eigenvalue weighted by atomic mass is 35.5. The summed E-state index contributed by atoms with van der Waals surface area (Å²) in [4.78, 5) is 37.9. The number of benzene rings is 2. The van der Waals surface area contributed by atoms with Crippen LogP contribution >= 0.6 is 11.6 Å². The first kappa shape index (κ1) is 52.9. The average molecular weight is 826 g/mol. The summed E-state index contributed by atoms with van der Waals surface area (Å²) in [6, 6.07) is 16.7. The van der Waals surface area contributed by atoms with E-state index in [4.69, 9.17) is 22.0 Å². The summed E-state index contributed by atoms with van der Waals surface area (Å²) in [5.41, 5.74) is 3.11. The molecule has 3 amide bonds. The number of hydrogen-bond acceptors (Lipinski definition) is 7. The van der Waals surface area contributed by atoms with Gasteiger partial charge in [-0.3, -0.25) is 14.4 Å². The maximum atomic E-state index is 12.4. The third-order valence-corrected chi connectivity index (χ3v) is 9.83. The van der Waals surface area contributed by atoms with E-state index in [9.17, 15) is 23.7 Å². The van der Waals surface area contributed by atoms with Crippen LogP contribution in [-0.4, -0.2) is 88.3 Å². The fraction of sp³-hybridized carbons (Fsp3) is 0.488. The van der Waals surface area contributed by atoms with Gasteiger partial charge in [0.05, 0.1) is 30.7 Å². The number of halogens is 1. The summed E-state index contributed by atoms with van der Waals surface area (Å²) >= 11 is 5.59. The van der Waals surface area contributed by atoms with E-state index in [1.54, 1.807) is 42.5 Å². The lowest BCUT2D eigenvalue weighted by molar-refractivity contribution is -0.138. The highest BCUT2D eigenvalue weighted by Gasteiger charge is 2.34. The lowest BCUT2D eigenvalue weighted by atomic mass is 9.41. The average Bonchev–Trinajstić information content (AvgIpc) is 3.74. The molecule has 3 unspecified atom stereocenters. The van der Waals surface area contributed by atoms with E-state index in [1.165, 1.54) is 36.0 Å². The van der Waals surface area contributed by atoms with Gasteiger partial charge in [0.1, 0.15) is 12.1 Å². The SMILES string of the molecule is C=C/C=C(\C=C)CCNC(=O)C(O)CNC(=O)C1CCCN1C(=O)CNS(C)=O.CC.CCC1CCB(C#N)CC1.Cc1ccccc1.OCc1ccc(Cl)cc1. The zero-order valence-electron chi connectivity index (χ0n) is 34.6. The number of hydrogen-bond donors (Lipinski definition) is 5. The summed E-state index contributed by atoms with van der Waals surface area (Å²) in [6.07, 6.45) is 13.0. The number of aryl methyl sites for hydroxylation is 1. The minimum atomic E-state index is -1.40. The summed E-state index contributed by atoms with van der Waals surface area (Å²) in [5, 5.41) is 32.9. The minimum Gasteiger partial charge on any atom is -0.392 e. The summed E-state index contributed by atoms with van der Waals surface area (Å²) in [5.74, 6) is 1.93. The standard InChI is InChI=1S/C19H30N4O5S.C8H14BN.C7H7ClO.C7H8.C2H6/c1-4-7-14(5-2)9-10-20-19(27)16(24)12-21-18(26)15-8-6-11-23(15)17(25)13-22-29(3)28;1-2-8-3-5-9(7-10)6-4-8;8-7-3-1-6(5-9)2-4-7;1-7-5-3-2-4-6-7;1-2/h4-5,7,15-16,22,24H,1-2,6,8-13H2,3H3,(H,20,27)(H,21,26);8H,2-6H2,1H3;1-4,9H,5H2;2-6H,1H3;1-2H3/b14-7+;;;;. The molecule has 11 nitrogen and oxygen atoms in total. The van der Waals surface area contributed by atoms with Gasteiger partial charge in [-0.05, 0) is 55.4 Å². The lowest BCUT2D eigenvalue weighted by Gasteiger charge is -2.24. The second-order valence-electron chi connectivity index (χ2n) is 13.2. The first-order valence-electron chi connectivity index (χ1n) is 19.7. The number of aliphatic hydroxyl groups is 2. The molecule has 2 aliphatic heterocycles. The van der Waals surface area contributed by atoms with Crippen LogP contribution in [-0.2, 0) is 32.0 Å². The Morgan fingerprint density at radius 3 is 2.19 bits per heavy atom. The molecule has 2 fully saturated rings. The Hall–Kier alpha value is -4.06. The molecular formula is C43H65BClN5O6S. The molecule has 5 N–H and O–H groups in total. The van der Waals surface area contributed by atoms with Crippen LogP contribution in [0.4, 0.5) is 0 Å². The van der Waals surface area contributed by atoms with E-state index in [0.29, 0.717) is 44.1 Å². The summed E-state index contributed by atoms with van der Waals surface area (Å²) in [6.45, 7) is 16.4. The number of carbonyl (C=O) groups excluding carboxylic acids is 3. The van der Waals surface area contributed by atoms with Gasteiger partial charge in [-0.2, -0.15) is 0 Å². The Morgan fingerprint density at radius 1 is 1.07 bits per heavy atom. The largest absolute Gasteiger partial charge is 0.392 e. The molecule has 2 aliphatic rings. The van der Waals surface area contributed by atoms with E-state index in [0.717, 1.165) is 29.7 Å². The van der Waals surface area contributed by atoms with Crippen molar-refractivity contribution in [2.45, 2.75) is 97.6 Å². The van der Waals surface area contributed by atoms with Crippen LogP contribution in [0, 0.1) is 24.1 Å². The Kier molecular flexibility index (Phi) is 30.6. The first-order chi connectivity index (χ1) is 27.4. The Bertz CT molecular complexity index is 1550. The summed E-state index contributed by atoms with van der Waals surface area (Å²) in [7, 11) is -1.32. The predicted octanol–water partition coefficient (Wildman–Crippen LogP) is 6.36. The first-order valence-corrected chi connectivity index (χ1v) is 21.6. The third-order valence-electron chi connectivity index (χ3n) is 9.02. The highest BCUT2D eigenvalue weighted by molar-refractivity contribution is 7.82. The molecule has 0 spiro atoms. The van der Waals surface area contributed by atoms with Crippen LogP contribution in [0.25, 0.3) is 0 Å². The summed E-state index contributed by atoms with van der Waals surface area (Å²) < 4.78 is 13.6. The van der Waals surface area contributed by atoms with Crippen molar-refractivity contribution in [3.8, 4) is 5.97 Å². The number of likely N-dealkylation sites (tertiary alicyclic amines) is 1. The number of nitriles is 1. The molecule has 2 heterocycles. The number of nitrogens with one attached hydrogen (secondary N) is 3. The zero-order chi connectivity index (χ0) is 43.0. The maximum absolute atomic E-state index is 12.4. The number of rotatable bonds is 14. The maximum Gasteiger partial charge on any atom is 0.267 e. The van der Waals surface area contributed by atoms with Crippen LogP contribution < -0.4 is 15.4 Å². The predicted molar refractivity (Wildman–Crippen MR) is 236 cm³/mol. The molecule has 2 aromatic carbocycles. The van der Waals surface area contributed by atoms with Gasteiger partial charge in [0.2, 0.25) is 11.8 Å². The fourth-order valence-electron chi connectivity index (χ4n) is 5.69. The van der Waals surface area contributed by atoms with E-state index in [1.807, 2.05) is 32.0 Å². The Morgan fingerprint density at radius 2 is 1.70 bits per heavy atom. The molecule has 2 saturated heterocycles. The molecule has 2 aromatic rings. The number of amides is 3. The molecule has 57 heavy (non-hydrogen) atoms. The lowest BCUT2D eigenvalue weighted by Crippen LogP contribution is -2.51. The van der Waals surface area contributed by atoms with E-state index in [-0.39, 0.29) is 25.6 Å². The van der Waals surface area contributed by atoms with Crippen molar-refractivity contribution in [1.82, 2.24) is 20.3 Å². The minimum absolute atomic E-state index is 0.0805. The Labute approximate surface area is 349 Å². The van der Waals surface area contributed by atoms with E-state index < -0.39 is 34.9 Å². The second-order valence-corrected chi connectivity index (χ2v) is 14.8. The number of aliphatic hydroxyl groups excluding tert-OH is 2. The highest BCUT2D eigenvalue weighted by Crippen LogP contribution is 2.26. The molecule has 0 radical (unpaired) electrons. The molecule has 14 heteroatoms. The van der Waals surface area contributed by atoms with Crippen LogP contribution in [0.3, 0.4) is 0 Å². The van der Waals surface area contributed by atoms with Gasteiger partial charge in [0.15, 0.2) is 0 Å². The van der Waals surface area contributed by atoms with Crippen molar-refractivity contribution in [2.24, 2.45) is 5.92 Å². The van der Waals surface area contributed by atoms with Gasteiger partial charge in [-0.15, -0.1) is 0 Å². The number of carbonyl (C=O) groups is 3. The number of nitrogens with zero attached hydrogens (tertiary/aromatic N) is 2. The zero-order valence-corrected chi connectivity index (χ0v) is 36.1. The van der Waals surface area contributed by atoms with E-state index in [2.05, 4.69) is 60.5 Å². The van der Waals surface area contributed by atoms with Crippen LogP contribution in [0.5, 0.6) is 0 Å². The molecular weight excluding hydrogens is 761 g/mol. The smallest absolute Gasteiger partial charge is 0.267 e. The normalized spacial score (nSPS) is 15.8. The third kappa shape index (κ3) is 24.4. The van der Waals surface area contributed by atoms with Crippen LogP contribution in [0.1, 0.15) is 70.4 Å². The molecule has 3 atom stereocenters. The van der Waals surface area contributed by atoms with Crippen molar-refractivity contribution in [3.05, 3.63) is 108 Å². The van der Waals surface area contributed by atoms with Crippen molar-refractivity contribution in [3.63, 3.8) is 0 Å². The van der Waals surface area contributed by atoms with Crippen molar-refractivity contribution < 1.29 is 28.8 Å². The second kappa shape index (κ2) is 33.0. The van der Waals surface area contributed by atoms with E-state index >= 15 is 0 Å². The molecule has 0 aliphatic carbocycles. The molecule has 0 saturated carbocycles. The van der Waals surface area contributed by atoms with Crippen molar-refractivity contribution in [2.75, 3.05) is 32.4 Å². The van der Waals surface area contributed by atoms with Gasteiger partial charge < -0.3 is 25.7 Å². The van der Waals surface area contributed by atoms with Gasteiger partial charge in [-0.25, -0.2) is 14.2 Å². The monoisotopic (exact) mass is 825 g/mol. The van der Waals surface area contributed by atoms with Crippen LogP contribution in [0.15, 0.2) is 91.6 Å². The van der Waals surface area contributed by atoms with Crippen LogP contribution in [0.2, 0.25) is 17.7 Å². The molecule has 0 bridgehead atoms. The van der Waals surface area contributed by atoms with Crippen molar-refractivity contribution in [1.29, 1.82) is 5.26 Å². The van der Waals surface area contributed by atoms with Gasteiger partial charge in [0, 0.05) is 30.3 Å². The molecule has 4 rings (SSSR count).